The molecule has 1 unspecified atom stereocenters. The first-order valence-corrected chi connectivity index (χ1v) is 5.23. The maximum Gasteiger partial charge on any atom is 0.161 e. The molecule has 2 heterocycles. The van der Waals surface area contributed by atoms with Crippen LogP contribution in [0.2, 0.25) is 0 Å². The normalized spacial score (nSPS) is 13.1. The van der Waals surface area contributed by atoms with Crippen LogP contribution in [0.5, 0.6) is 0 Å². The van der Waals surface area contributed by atoms with E-state index in [1.165, 1.54) is 22.9 Å². The van der Waals surface area contributed by atoms with Gasteiger partial charge in [-0.25, -0.2) is 0 Å². The fourth-order valence-corrected chi connectivity index (χ4v) is 2.11. The SMILES string of the molecule is CC(N)c1nnc(-c2cnns2)s1. The summed E-state index contributed by atoms with van der Waals surface area (Å²) in [6, 6.07) is -0.0628. The second-order valence-electron chi connectivity index (χ2n) is 2.52. The molecule has 1 atom stereocenters. The summed E-state index contributed by atoms with van der Waals surface area (Å²) in [6.45, 7) is 1.88. The molecule has 13 heavy (non-hydrogen) atoms. The summed E-state index contributed by atoms with van der Waals surface area (Å²) in [7, 11) is 0. The standard InChI is InChI=1S/C6H7N5S2/c1-3(7)5-9-10-6(12-5)4-2-8-11-13-4/h2-3H,7H2,1H3. The predicted octanol–water partition coefficient (Wildman–Crippen LogP) is 1.08. The molecular formula is C6H7N5S2. The Morgan fingerprint density at radius 2 is 2.31 bits per heavy atom. The first kappa shape index (κ1) is 8.67. The van der Waals surface area contributed by atoms with Crippen LogP contribution in [0.1, 0.15) is 18.0 Å². The molecule has 0 saturated carbocycles. The minimum Gasteiger partial charge on any atom is -0.322 e. The first-order chi connectivity index (χ1) is 6.27. The zero-order valence-corrected chi connectivity index (χ0v) is 8.47. The molecule has 0 bridgehead atoms. The molecule has 0 aromatic carbocycles. The Labute approximate surface area is 82.8 Å². The zero-order chi connectivity index (χ0) is 9.26. The van der Waals surface area contributed by atoms with Crippen LogP contribution in [0, 0.1) is 0 Å². The molecular weight excluding hydrogens is 206 g/mol. The number of nitrogens with zero attached hydrogens (tertiary/aromatic N) is 4. The van der Waals surface area contributed by atoms with Gasteiger partial charge in [0.05, 0.1) is 12.2 Å². The van der Waals surface area contributed by atoms with Gasteiger partial charge in [-0.15, -0.1) is 15.3 Å². The third-order valence-electron chi connectivity index (χ3n) is 1.40. The average Bonchev–Trinajstić information content (AvgIpc) is 2.75. The lowest BCUT2D eigenvalue weighted by Crippen LogP contribution is -2.03. The van der Waals surface area contributed by atoms with Crippen molar-refractivity contribution in [1.82, 2.24) is 19.8 Å². The van der Waals surface area contributed by atoms with Gasteiger partial charge >= 0.3 is 0 Å². The van der Waals surface area contributed by atoms with Crippen LogP contribution in [0.4, 0.5) is 0 Å². The fraction of sp³-hybridized carbons (Fsp3) is 0.333. The molecule has 2 aromatic rings. The highest BCUT2D eigenvalue weighted by atomic mass is 32.1. The highest BCUT2D eigenvalue weighted by Crippen LogP contribution is 2.27. The second kappa shape index (κ2) is 3.44. The van der Waals surface area contributed by atoms with Crippen LogP contribution in [-0.2, 0) is 0 Å². The maximum absolute atomic E-state index is 5.66. The van der Waals surface area contributed by atoms with Crippen LogP contribution < -0.4 is 5.73 Å². The first-order valence-electron chi connectivity index (χ1n) is 3.64. The van der Waals surface area contributed by atoms with E-state index >= 15 is 0 Å². The van der Waals surface area contributed by atoms with Crippen molar-refractivity contribution >= 4 is 22.9 Å². The number of rotatable bonds is 2. The van der Waals surface area contributed by atoms with E-state index in [9.17, 15) is 0 Å². The number of hydrogen-bond acceptors (Lipinski definition) is 7. The van der Waals surface area contributed by atoms with Crippen molar-refractivity contribution in [2.45, 2.75) is 13.0 Å². The molecule has 5 nitrogen and oxygen atoms in total. The van der Waals surface area contributed by atoms with Crippen LogP contribution >= 0.6 is 22.9 Å². The highest BCUT2D eigenvalue weighted by molar-refractivity contribution is 7.19. The molecule has 0 saturated heterocycles. The third-order valence-corrected chi connectivity index (χ3v) is 3.36. The Kier molecular flexibility index (Phi) is 2.30. The van der Waals surface area contributed by atoms with E-state index in [4.69, 9.17) is 5.73 Å². The quantitative estimate of drug-likeness (QED) is 0.807. The Balaban J connectivity index is 2.33. The average molecular weight is 213 g/mol. The van der Waals surface area contributed by atoms with Gasteiger partial charge in [-0.2, -0.15) is 0 Å². The second-order valence-corrected chi connectivity index (χ2v) is 4.31. The van der Waals surface area contributed by atoms with Crippen molar-refractivity contribution in [3.63, 3.8) is 0 Å². The van der Waals surface area contributed by atoms with Gasteiger partial charge in [0.1, 0.15) is 9.88 Å². The van der Waals surface area contributed by atoms with Gasteiger partial charge in [-0.1, -0.05) is 15.8 Å². The van der Waals surface area contributed by atoms with Crippen molar-refractivity contribution in [2.75, 3.05) is 0 Å². The van der Waals surface area contributed by atoms with E-state index < -0.39 is 0 Å². The number of aromatic nitrogens is 4. The molecule has 0 aliphatic rings. The van der Waals surface area contributed by atoms with Gasteiger partial charge in [0, 0.05) is 0 Å². The van der Waals surface area contributed by atoms with E-state index in [0.29, 0.717) is 0 Å². The fourth-order valence-electron chi connectivity index (χ4n) is 0.780. The Morgan fingerprint density at radius 1 is 1.46 bits per heavy atom. The van der Waals surface area contributed by atoms with E-state index in [1.54, 1.807) is 6.20 Å². The summed E-state index contributed by atoms with van der Waals surface area (Å²) in [5.74, 6) is 0. The van der Waals surface area contributed by atoms with Gasteiger partial charge in [-0.05, 0) is 18.5 Å². The van der Waals surface area contributed by atoms with Gasteiger partial charge in [0.25, 0.3) is 0 Å². The van der Waals surface area contributed by atoms with Crippen molar-refractivity contribution in [3.05, 3.63) is 11.2 Å². The van der Waals surface area contributed by atoms with E-state index in [-0.39, 0.29) is 6.04 Å². The molecule has 0 spiro atoms. The summed E-state index contributed by atoms with van der Waals surface area (Å²) in [4.78, 5) is 0.935. The lowest BCUT2D eigenvalue weighted by atomic mass is 10.4. The van der Waals surface area contributed by atoms with Crippen molar-refractivity contribution < 1.29 is 0 Å². The topological polar surface area (TPSA) is 77.6 Å². The van der Waals surface area contributed by atoms with Crippen molar-refractivity contribution in [3.8, 4) is 9.88 Å². The minimum atomic E-state index is -0.0628. The third kappa shape index (κ3) is 1.71. The summed E-state index contributed by atoms with van der Waals surface area (Å²) in [5, 5.41) is 13.4. The van der Waals surface area contributed by atoms with Crippen LogP contribution in [0.3, 0.4) is 0 Å². The zero-order valence-electron chi connectivity index (χ0n) is 6.84. The molecule has 7 heteroatoms. The Bertz CT molecular complexity index is 379. The van der Waals surface area contributed by atoms with Gasteiger partial charge < -0.3 is 5.73 Å². The molecule has 2 rings (SSSR count). The van der Waals surface area contributed by atoms with Crippen LogP contribution in [0.25, 0.3) is 9.88 Å². The van der Waals surface area contributed by atoms with E-state index in [2.05, 4.69) is 19.8 Å². The molecule has 0 radical (unpaired) electrons. The maximum atomic E-state index is 5.66. The van der Waals surface area contributed by atoms with E-state index in [1.807, 2.05) is 6.92 Å². The predicted molar refractivity (Wildman–Crippen MR) is 51.4 cm³/mol. The molecule has 0 aliphatic carbocycles. The van der Waals surface area contributed by atoms with Crippen LogP contribution in [0.15, 0.2) is 6.20 Å². The molecule has 2 aromatic heterocycles. The molecule has 0 amide bonds. The summed E-state index contributed by atoms with van der Waals surface area (Å²) < 4.78 is 3.75. The number of nitrogens with two attached hydrogens (primary N) is 1. The Morgan fingerprint density at radius 3 is 2.85 bits per heavy atom. The van der Waals surface area contributed by atoms with E-state index in [0.717, 1.165) is 14.9 Å². The van der Waals surface area contributed by atoms with Crippen LogP contribution in [-0.4, -0.2) is 19.8 Å². The minimum absolute atomic E-state index is 0.0628. The van der Waals surface area contributed by atoms with Crippen molar-refractivity contribution in [1.29, 1.82) is 0 Å². The van der Waals surface area contributed by atoms with Gasteiger partial charge in [-0.3, -0.25) is 0 Å². The lowest BCUT2D eigenvalue weighted by Gasteiger charge is -1.93. The summed E-state index contributed by atoms with van der Waals surface area (Å²) in [6.07, 6.45) is 1.68. The summed E-state index contributed by atoms with van der Waals surface area (Å²) >= 11 is 2.79. The molecule has 0 fully saturated rings. The highest BCUT2D eigenvalue weighted by Gasteiger charge is 2.10. The van der Waals surface area contributed by atoms with Gasteiger partial charge in [0.2, 0.25) is 0 Å². The Hall–Kier alpha value is -0.920. The smallest absolute Gasteiger partial charge is 0.161 e. The monoisotopic (exact) mass is 213 g/mol. The van der Waals surface area contributed by atoms with Gasteiger partial charge in [0.15, 0.2) is 5.01 Å². The number of hydrogen-bond donors (Lipinski definition) is 1. The van der Waals surface area contributed by atoms with Crippen molar-refractivity contribution in [2.24, 2.45) is 5.73 Å². The molecule has 68 valence electrons. The molecule has 2 N–H and O–H groups in total. The summed E-state index contributed by atoms with van der Waals surface area (Å²) in [5.41, 5.74) is 5.66. The molecule has 0 aliphatic heterocycles. The largest absolute Gasteiger partial charge is 0.322 e. The lowest BCUT2D eigenvalue weighted by molar-refractivity contribution is 0.786.